The molecule has 29 heavy (non-hydrogen) atoms. The van der Waals surface area contributed by atoms with Gasteiger partial charge in [-0.3, -0.25) is 9.79 Å². The van der Waals surface area contributed by atoms with E-state index in [1.54, 1.807) is 6.07 Å². The standard InChI is InChI=1S/C18H26N4O4S2.ClH/c1-2-26-16-7-6-14(28(24,25)22-10-4-3-5-11-22)12-15(16)21-17(23)13-27-18-19-8-9-20-18;/h6-7,12H,2-5,8-11,13H2,1H3,(H,19,20)(H,21,23);1H. The van der Waals surface area contributed by atoms with Gasteiger partial charge in [0.2, 0.25) is 15.9 Å². The van der Waals surface area contributed by atoms with E-state index < -0.39 is 10.0 Å². The second-order valence-electron chi connectivity index (χ2n) is 6.51. The number of carbonyl (C=O) groups is 1. The Kier molecular flexibility index (Phi) is 9.06. The van der Waals surface area contributed by atoms with Crippen molar-refractivity contribution in [2.75, 3.05) is 43.9 Å². The minimum absolute atomic E-state index is 0. The number of thioether (sulfide) groups is 1. The van der Waals surface area contributed by atoms with Gasteiger partial charge in [-0.25, -0.2) is 8.42 Å². The Bertz CT molecular complexity index is 842. The zero-order valence-electron chi connectivity index (χ0n) is 16.3. The van der Waals surface area contributed by atoms with Crippen LogP contribution in [0.3, 0.4) is 0 Å². The van der Waals surface area contributed by atoms with Crippen LogP contribution in [0.1, 0.15) is 26.2 Å². The number of nitrogens with zero attached hydrogens (tertiary/aromatic N) is 2. The summed E-state index contributed by atoms with van der Waals surface area (Å²) in [5.41, 5.74) is 0.367. The second-order valence-corrected chi connectivity index (χ2v) is 9.41. The molecule has 0 aliphatic carbocycles. The predicted molar refractivity (Wildman–Crippen MR) is 119 cm³/mol. The summed E-state index contributed by atoms with van der Waals surface area (Å²) in [5.74, 6) is 0.394. The quantitative estimate of drug-likeness (QED) is 0.645. The number of ether oxygens (including phenoxy) is 1. The number of carbonyl (C=O) groups excluding carboxylic acids is 1. The average Bonchev–Trinajstić information content (AvgIpc) is 3.22. The largest absolute Gasteiger partial charge is 0.492 e. The lowest BCUT2D eigenvalue weighted by Gasteiger charge is -2.26. The van der Waals surface area contributed by atoms with E-state index >= 15 is 0 Å². The van der Waals surface area contributed by atoms with Gasteiger partial charge in [0.1, 0.15) is 5.75 Å². The summed E-state index contributed by atoms with van der Waals surface area (Å²) in [4.78, 5) is 16.8. The zero-order chi connectivity index (χ0) is 20.0. The number of anilines is 1. The number of rotatable bonds is 7. The highest BCUT2D eigenvalue weighted by Gasteiger charge is 2.27. The fourth-order valence-corrected chi connectivity index (χ4v) is 5.37. The van der Waals surface area contributed by atoms with Gasteiger partial charge in [-0.15, -0.1) is 12.4 Å². The Morgan fingerprint density at radius 3 is 2.72 bits per heavy atom. The van der Waals surface area contributed by atoms with Crippen LogP contribution in [0.25, 0.3) is 0 Å². The van der Waals surface area contributed by atoms with Crippen molar-refractivity contribution in [3.63, 3.8) is 0 Å². The van der Waals surface area contributed by atoms with Crippen LogP contribution in [0.2, 0.25) is 0 Å². The summed E-state index contributed by atoms with van der Waals surface area (Å²) in [6.45, 7) is 4.82. The minimum atomic E-state index is -3.59. The Morgan fingerprint density at radius 2 is 2.07 bits per heavy atom. The van der Waals surface area contributed by atoms with Gasteiger partial charge in [0, 0.05) is 19.6 Å². The highest BCUT2D eigenvalue weighted by Crippen LogP contribution is 2.30. The van der Waals surface area contributed by atoms with E-state index in [4.69, 9.17) is 4.74 Å². The third-order valence-electron chi connectivity index (χ3n) is 4.46. The summed E-state index contributed by atoms with van der Waals surface area (Å²) in [6.07, 6.45) is 2.79. The molecule has 1 fully saturated rings. The lowest BCUT2D eigenvalue weighted by atomic mass is 10.2. The van der Waals surface area contributed by atoms with Crippen LogP contribution < -0.4 is 15.4 Å². The van der Waals surface area contributed by atoms with Crippen molar-refractivity contribution in [1.82, 2.24) is 9.62 Å². The highest BCUT2D eigenvalue weighted by molar-refractivity contribution is 8.14. The summed E-state index contributed by atoms with van der Waals surface area (Å²) in [5, 5.41) is 6.63. The molecule has 0 aromatic heterocycles. The van der Waals surface area contributed by atoms with E-state index in [-0.39, 0.29) is 29.0 Å². The molecule has 0 spiro atoms. The van der Waals surface area contributed by atoms with Gasteiger partial charge in [-0.2, -0.15) is 4.31 Å². The Morgan fingerprint density at radius 1 is 1.31 bits per heavy atom. The van der Waals surface area contributed by atoms with Crippen LogP contribution >= 0.6 is 24.2 Å². The number of hydrogen-bond acceptors (Lipinski definition) is 7. The number of hydrogen-bond donors (Lipinski definition) is 2. The van der Waals surface area contributed by atoms with Crippen molar-refractivity contribution in [3.8, 4) is 5.75 Å². The molecule has 2 N–H and O–H groups in total. The molecule has 1 aromatic carbocycles. The van der Waals surface area contributed by atoms with Crippen molar-refractivity contribution in [3.05, 3.63) is 18.2 Å². The SMILES string of the molecule is CCOc1ccc(S(=O)(=O)N2CCCCC2)cc1NC(=O)CSC1=NCCN1.Cl. The molecule has 0 bridgehead atoms. The maximum Gasteiger partial charge on any atom is 0.243 e. The van der Waals surface area contributed by atoms with Crippen LogP contribution in [0, 0.1) is 0 Å². The van der Waals surface area contributed by atoms with Gasteiger partial charge in [0.25, 0.3) is 0 Å². The first-order valence-electron chi connectivity index (χ1n) is 9.48. The van der Waals surface area contributed by atoms with Crippen LogP contribution in [-0.4, -0.2) is 62.3 Å². The predicted octanol–water partition coefficient (Wildman–Crippen LogP) is 2.31. The number of aliphatic imine (C=N–C) groups is 1. The van der Waals surface area contributed by atoms with E-state index in [0.717, 1.165) is 37.5 Å². The number of piperidine rings is 1. The molecule has 0 saturated carbocycles. The van der Waals surface area contributed by atoms with Crippen molar-refractivity contribution in [2.45, 2.75) is 31.1 Å². The zero-order valence-corrected chi connectivity index (χ0v) is 18.8. The molecule has 0 atom stereocenters. The maximum absolute atomic E-state index is 12.9. The monoisotopic (exact) mass is 462 g/mol. The van der Waals surface area contributed by atoms with Crippen molar-refractivity contribution in [2.24, 2.45) is 4.99 Å². The molecule has 2 aliphatic heterocycles. The lowest BCUT2D eigenvalue weighted by Crippen LogP contribution is -2.35. The number of benzene rings is 1. The van der Waals surface area contributed by atoms with E-state index in [1.165, 1.54) is 28.2 Å². The molecule has 0 radical (unpaired) electrons. The molecule has 11 heteroatoms. The second kappa shape index (κ2) is 11.1. The Balaban J connectivity index is 0.00000300. The average molecular weight is 463 g/mol. The first-order valence-corrected chi connectivity index (χ1v) is 11.9. The third kappa shape index (κ3) is 6.24. The summed E-state index contributed by atoms with van der Waals surface area (Å²) >= 11 is 1.32. The molecule has 2 heterocycles. The number of amides is 1. The highest BCUT2D eigenvalue weighted by atomic mass is 35.5. The number of amidine groups is 1. The fourth-order valence-electron chi connectivity index (χ4n) is 3.10. The lowest BCUT2D eigenvalue weighted by molar-refractivity contribution is -0.113. The molecular formula is C18H27ClN4O4S2. The van der Waals surface area contributed by atoms with Gasteiger partial charge in [-0.1, -0.05) is 18.2 Å². The molecule has 2 aliphatic rings. The minimum Gasteiger partial charge on any atom is -0.492 e. The Labute approximate surface area is 182 Å². The molecular weight excluding hydrogens is 436 g/mol. The van der Waals surface area contributed by atoms with Crippen LogP contribution in [-0.2, 0) is 14.8 Å². The van der Waals surface area contributed by atoms with Gasteiger partial charge in [-0.05, 0) is 38.0 Å². The van der Waals surface area contributed by atoms with Crippen LogP contribution in [0.15, 0.2) is 28.1 Å². The molecule has 162 valence electrons. The maximum atomic E-state index is 12.9. The fraction of sp³-hybridized carbons (Fsp3) is 0.556. The van der Waals surface area contributed by atoms with Gasteiger partial charge >= 0.3 is 0 Å². The first-order chi connectivity index (χ1) is 13.5. The molecule has 1 saturated heterocycles. The van der Waals surface area contributed by atoms with Crippen LogP contribution in [0.5, 0.6) is 5.75 Å². The van der Waals surface area contributed by atoms with E-state index in [0.29, 0.717) is 31.1 Å². The summed E-state index contributed by atoms with van der Waals surface area (Å²) in [7, 11) is -3.59. The van der Waals surface area contributed by atoms with Crippen LogP contribution in [0.4, 0.5) is 5.69 Å². The van der Waals surface area contributed by atoms with Crippen molar-refractivity contribution >= 4 is 51.0 Å². The summed E-state index contributed by atoms with van der Waals surface area (Å²) in [6, 6.07) is 4.63. The molecule has 8 nitrogen and oxygen atoms in total. The van der Waals surface area contributed by atoms with Gasteiger partial charge < -0.3 is 15.4 Å². The molecule has 0 unspecified atom stereocenters. The van der Waals surface area contributed by atoms with Crippen molar-refractivity contribution in [1.29, 1.82) is 0 Å². The smallest absolute Gasteiger partial charge is 0.243 e. The molecule has 3 rings (SSSR count). The topological polar surface area (TPSA) is 100 Å². The molecule has 1 amide bonds. The number of sulfonamides is 1. The van der Waals surface area contributed by atoms with Crippen molar-refractivity contribution < 1.29 is 17.9 Å². The third-order valence-corrected chi connectivity index (χ3v) is 7.31. The normalized spacial score (nSPS) is 17.1. The van der Waals surface area contributed by atoms with E-state index in [1.807, 2.05) is 6.92 Å². The Hall–Kier alpha value is -1.49. The van der Waals surface area contributed by atoms with Gasteiger partial charge in [0.15, 0.2) is 5.17 Å². The number of halogens is 1. The first kappa shape index (κ1) is 23.8. The van der Waals surface area contributed by atoms with Gasteiger partial charge in [0.05, 0.1) is 29.5 Å². The van der Waals surface area contributed by atoms with E-state index in [2.05, 4.69) is 15.6 Å². The summed E-state index contributed by atoms with van der Waals surface area (Å²) < 4.78 is 33.0. The van der Waals surface area contributed by atoms with E-state index in [9.17, 15) is 13.2 Å². The number of nitrogens with one attached hydrogen (secondary N) is 2. The molecule has 1 aromatic rings.